The van der Waals surface area contributed by atoms with Gasteiger partial charge in [-0.25, -0.2) is 4.98 Å². The quantitative estimate of drug-likeness (QED) is 0.656. The number of ether oxygens (including phenoxy) is 1. The minimum absolute atomic E-state index is 0.629. The lowest BCUT2D eigenvalue weighted by Gasteiger charge is -1.98. The fourth-order valence-corrected chi connectivity index (χ4v) is 0.896. The van der Waals surface area contributed by atoms with Crippen molar-refractivity contribution in [3.05, 3.63) is 23.9 Å². The molecule has 1 rings (SSSR count). The normalized spacial score (nSPS) is 9.64. The molecule has 1 radical (unpaired) electrons. The average Bonchev–Trinajstić information content (AvgIpc) is 2.07. The number of pyridine rings is 1. The number of methoxy groups -OCH3 is 1. The molecule has 2 heteroatoms. The standard InChI is InChI=1S/C9H12NO/c1-3-4-8-5-6-9(11-2)10-7-8/h5-6H,3-4H2,1-2H3. The van der Waals surface area contributed by atoms with Crippen LogP contribution in [0.15, 0.2) is 12.1 Å². The maximum absolute atomic E-state index is 4.90. The Hall–Kier alpha value is -1.05. The van der Waals surface area contributed by atoms with Gasteiger partial charge in [0, 0.05) is 6.07 Å². The van der Waals surface area contributed by atoms with Gasteiger partial charge in [0.15, 0.2) is 0 Å². The van der Waals surface area contributed by atoms with E-state index in [1.54, 1.807) is 7.11 Å². The highest BCUT2D eigenvalue weighted by Crippen LogP contribution is 2.06. The Labute approximate surface area is 67.2 Å². The van der Waals surface area contributed by atoms with Crippen molar-refractivity contribution < 1.29 is 4.74 Å². The van der Waals surface area contributed by atoms with Gasteiger partial charge >= 0.3 is 0 Å². The van der Waals surface area contributed by atoms with Gasteiger partial charge in [-0.05, 0) is 12.0 Å². The SMILES string of the molecule is CCCc1[c]nc(OC)cc1. The molecule has 1 aromatic rings. The van der Waals surface area contributed by atoms with E-state index >= 15 is 0 Å². The molecule has 0 unspecified atom stereocenters. The Balaban J connectivity index is 2.66. The zero-order valence-electron chi connectivity index (χ0n) is 6.92. The first-order chi connectivity index (χ1) is 5.36. The molecule has 1 aromatic heterocycles. The lowest BCUT2D eigenvalue weighted by Crippen LogP contribution is -1.89. The largest absolute Gasteiger partial charge is 0.481 e. The smallest absolute Gasteiger partial charge is 0.213 e. The monoisotopic (exact) mass is 150 g/mol. The summed E-state index contributed by atoms with van der Waals surface area (Å²) in [6.45, 7) is 2.14. The van der Waals surface area contributed by atoms with E-state index in [1.807, 2.05) is 12.1 Å². The molecule has 0 saturated heterocycles. The molecule has 0 aromatic carbocycles. The second-order valence-corrected chi connectivity index (χ2v) is 2.37. The van der Waals surface area contributed by atoms with E-state index < -0.39 is 0 Å². The van der Waals surface area contributed by atoms with Crippen LogP contribution in [-0.2, 0) is 6.42 Å². The van der Waals surface area contributed by atoms with E-state index in [9.17, 15) is 0 Å². The van der Waals surface area contributed by atoms with Crippen molar-refractivity contribution in [2.24, 2.45) is 0 Å². The Bertz CT molecular complexity index is 205. The summed E-state index contributed by atoms with van der Waals surface area (Å²) in [7, 11) is 1.61. The number of hydrogen-bond acceptors (Lipinski definition) is 2. The van der Waals surface area contributed by atoms with Crippen LogP contribution in [0.5, 0.6) is 5.88 Å². The van der Waals surface area contributed by atoms with E-state index in [0.29, 0.717) is 5.88 Å². The minimum atomic E-state index is 0.629. The van der Waals surface area contributed by atoms with Crippen LogP contribution in [0.3, 0.4) is 0 Å². The van der Waals surface area contributed by atoms with Crippen LogP contribution < -0.4 is 4.74 Å². The van der Waals surface area contributed by atoms with E-state index in [2.05, 4.69) is 18.1 Å². The molecule has 0 saturated carbocycles. The van der Waals surface area contributed by atoms with Gasteiger partial charge in [-0.2, -0.15) is 0 Å². The molecule has 11 heavy (non-hydrogen) atoms. The second-order valence-electron chi connectivity index (χ2n) is 2.37. The molecule has 0 spiro atoms. The number of aryl methyl sites for hydroxylation is 1. The summed E-state index contributed by atoms with van der Waals surface area (Å²) in [6.07, 6.45) is 5.08. The predicted molar refractivity (Wildman–Crippen MR) is 43.6 cm³/mol. The first-order valence-corrected chi connectivity index (χ1v) is 3.78. The summed E-state index contributed by atoms with van der Waals surface area (Å²) in [6, 6.07) is 3.86. The molecule has 0 fully saturated rings. The van der Waals surface area contributed by atoms with Gasteiger partial charge in [-0.15, -0.1) is 0 Å². The zero-order chi connectivity index (χ0) is 8.10. The van der Waals surface area contributed by atoms with Gasteiger partial charge in [0.05, 0.1) is 13.3 Å². The summed E-state index contributed by atoms with van der Waals surface area (Å²) in [5.74, 6) is 0.629. The highest BCUT2D eigenvalue weighted by molar-refractivity contribution is 5.16. The number of nitrogens with zero attached hydrogens (tertiary/aromatic N) is 1. The summed E-state index contributed by atoms with van der Waals surface area (Å²) < 4.78 is 4.90. The Morgan fingerprint density at radius 3 is 2.82 bits per heavy atom. The van der Waals surface area contributed by atoms with Crippen molar-refractivity contribution in [1.29, 1.82) is 0 Å². The summed E-state index contributed by atoms with van der Waals surface area (Å²) in [5.41, 5.74) is 1.15. The Morgan fingerprint density at radius 1 is 1.55 bits per heavy atom. The van der Waals surface area contributed by atoms with Crippen molar-refractivity contribution in [2.45, 2.75) is 19.8 Å². The highest BCUT2D eigenvalue weighted by Gasteiger charge is 1.93. The lowest BCUT2D eigenvalue weighted by molar-refractivity contribution is 0.397. The van der Waals surface area contributed by atoms with Crippen LogP contribution >= 0.6 is 0 Å². The molecule has 59 valence electrons. The average molecular weight is 150 g/mol. The van der Waals surface area contributed by atoms with Crippen LogP contribution in [0.25, 0.3) is 0 Å². The van der Waals surface area contributed by atoms with Crippen molar-refractivity contribution in [1.82, 2.24) is 4.98 Å². The summed E-state index contributed by atoms with van der Waals surface area (Å²) >= 11 is 0. The van der Waals surface area contributed by atoms with Gasteiger partial charge in [0.2, 0.25) is 5.88 Å². The lowest BCUT2D eigenvalue weighted by atomic mass is 10.2. The van der Waals surface area contributed by atoms with Crippen LogP contribution in [0.4, 0.5) is 0 Å². The first-order valence-electron chi connectivity index (χ1n) is 3.78. The molecule has 0 N–H and O–H groups in total. The molecule has 0 aliphatic carbocycles. The highest BCUT2D eigenvalue weighted by atomic mass is 16.5. The van der Waals surface area contributed by atoms with E-state index in [1.165, 1.54) is 0 Å². The van der Waals surface area contributed by atoms with Crippen LogP contribution in [0, 0.1) is 6.20 Å². The second kappa shape index (κ2) is 3.96. The van der Waals surface area contributed by atoms with Gasteiger partial charge in [0.25, 0.3) is 0 Å². The maximum atomic E-state index is 4.90. The zero-order valence-corrected chi connectivity index (χ0v) is 6.92. The van der Waals surface area contributed by atoms with Gasteiger partial charge < -0.3 is 4.74 Å². The van der Waals surface area contributed by atoms with Crippen LogP contribution in [0.1, 0.15) is 18.9 Å². The summed E-state index contributed by atoms with van der Waals surface area (Å²) in [5, 5.41) is 0. The molecule has 0 aliphatic heterocycles. The van der Waals surface area contributed by atoms with Gasteiger partial charge in [-0.1, -0.05) is 19.4 Å². The molecular formula is C9H12NO. The topological polar surface area (TPSA) is 22.1 Å². The van der Waals surface area contributed by atoms with Gasteiger partial charge in [-0.3, -0.25) is 0 Å². The third-order valence-corrected chi connectivity index (χ3v) is 1.47. The summed E-state index contributed by atoms with van der Waals surface area (Å²) in [4.78, 5) is 3.97. The molecule has 2 nitrogen and oxygen atoms in total. The maximum Gasteiger partial charge on any atom is 0.213 e. The molecular weight excluding hydrogens is 138 g/mol. The number of aromatic nitrogens is 1. The van der Waals surface area contributed by atoms with E-state index in [4.69, 9.17) is 4.74 Å². The van der Waals surface area contributed by atoms with Crippen molar-refractivity contribution in [2.75, 3.05) is 7.11 Å². The van der Waals surface area contributed by atoms with Gasteiger partial charge in [0.1, 0.15) is 0 Å². The van der Waals surface area contributed by atoms with Crippen LogP contribution in [0.2, 0.25) is 0 Å². The minimum Gasteiger partial charge on any atom is -0.481 e. The van der Waals surface area contributed by atoms with E-state index in [-0.39, 0.29) is 0 Å². The van der Waals surface area contributed by atoms with Crippen molar-refractivity contribution in [3.63, 3.8) is 0 Å². The van der Waals surface area contributed by atoms with E-state index in [0.717, 1.165) is 18.4 Å². The first kappa shape index (κ1) is 8.05. The fourth-order valence-electron chi connectivity index (χ4n) is 0.896. The molecule has 0 atom stereocenters. The number of hydrogen-bond donors (Lipinski definition) is 0. The Morgan fingerprint density at radius 2 is 2.36 bits per heavy atom. The van der Waals surface area contributed by atoms with Crippen molar-refractivity contribution in [3.8, 4) is 5.88 Å². The third kappa shape index (κ3) is 2.22. The fraction of sp³-hybridized carbons (Fsp3) is 0.444. The molecule has 1 heterocycles. The molecule has 0 aliphatic rings. The molecule has 0 amide bonds. The van der Waals surface area contributed by atoms with Crippen LogP contribution in [-0.4, -0.2) is 12.1 Å². The third-order valence-electron chi connectivity index (χ3n) is 1.47. The number of rotatable bonds is 3. The predicted octanol–water partition coefficient (Wildman–Crippen LogP) is 1.84. The Kier molecular flexibility index (Phi) is 2.90. The molecule has 0 bridgehead atoms. The van der Waals surface area contributed by atoms with Crippen molar-refractivity contribution >= 4 is 0 Å².